The summed E-state index contributed by atoms with van der Waals surface area (Å²) in [5.74, 6) is 1.12. The summed E-state index contributed by atoms with van der Waals surface area (Å²) in [5, 5.41) is 5.35. The SMILES string of the molecule is CCCOc1ccc(CN(CCC)C(=O)c2nn(C)c(=O)c3ccccc23)cc1OC. The molecule has 0 aliphatic carbocycles. The van der Waals surface area contributed by atoms with Gasteiger partial charge in [0.1, 0.15) is 0 Å². The minimum Gasteiger partial charge on any atom is -0.493 e. The lowest BCUT2D eigenvalue weighted by molar-refractivity contribution is 0.0737. The summed E-state index contributed by atoms with van der Waals surface area (Å²) < 4.78 is 12.4. The summed E-state index contributed by atoms with van der Waals surface area (Å²) in [6.45, 7) is 5.65. The Hall–Kier alpha value is -3.35. The lowest BCUT2D eigenvalue weighted by Gasteiger charge is -2.23. The maximum atomic E-state index is 13.5. The third kappa shape index (κ3) is 4.87. The number of carbonyl (C=O) groups excluding carboxylic acids is 1. The molecule has 0 saturated heterocycles. The molecule has 2 aromatic carbocycles. The number of aryl methyl sites for hydroxylation is 1. The molecule has 31 heavy (non-hydrogen) atoms. The average molecular weight is 424 g/mol. The number of hydrogen-bond donors (Lipinski definition) is 0. The van der Waals surface area contributed by atoms with Crippen molar-refractivity contribution in [3.8, 4) is 11.5 Å². The van der Waals surface area contributed by atoms with Crippen LogP contribution in [0.5, 0.6) is 11.5 Å². The van der Waals surface area contributed by atoms with Crippen molar-refractivity contribution in [1.29, 1.82) is 0 Å². The van der Waals surface area contributed by atoms with Crippen molar-refractivity contribution in [1.82, 2.24) is 14.7 Å². The van der Waals surface area contributed by atoms with Crippen LogP contribution in [0, 0.1) is 0 Å². The van der Waals surface area contributed by atoms with E-state index in [1.54, 1.807) is 37.3 Å². The van der Waals surface area contributed by atoms with Crippen LogP contribution in [0.2, 0.25) is 0 Å². The Kier molecular flexibility index (Phi) is 7.28. The Balaban J connectivity index is 1.95. The van der Waals surface area contributed by atoms with Crippen molar-refractivity contribution in [2.45, 2.75) is 33.2 Å². The monoisotopic (exact) mass is 423 g/mol. The molecule has 0 N–H and O–H groups in total. The Morgan fingerprint density at radius 2 is 1.81 bits per heavy atom. The van der Waals surface area contributed by atoms with Crippen LogP contribution in [-0.4, -0.2) is 40.8 Å². The predicted molar refractivity (Wildman–Crippen MR) is 121 cm³/mol. The van der Waals surface area contributed by atoms with Crippen molar-refractivity contribution in [2.75, 3.05) is 20.3 Å². The zero-order valence-corrected chi connectivity index (χ0v) is 18.6. The van der Waals surface area contributed by atoms with E-state index in [-0.39, 0.29) is 17.2 Å². The number of amides is 1. The van der Waals surface area contributed by atoms with E-state index < -0.39 is 0 Å². The van der Waals surface area contributed by atoms with Gasteiger partial charge < -0.3 is 14.4 Å². The molecule has 0 spiro atoms. The first-order valence-corrected chi connectivity index (χ1v) is 10.5. The van der Waals surface area contributed by atoms with E-state index in [0.29, 0.717) is 42.0 Å². The van der Waals surface area contributed by atoms with Gasteiger partial charge in [0.2, 0.25) is 0 Å². The first kappa shape index (κ1) is 22.3. The standard InChI is InChI=1S/C24H29N3O4/c1-5-13-27(16-17-11-12-20(31-14-6-2)21(15-17)30-4)24(29)22-18-9-7-8-10-19(18)23(28)26(3)25-22/h7-12,15H,5-6,13-14,16H2,1-4H3. The van der Waals surface area contributed by atoms with Gasteiger partial charge in [-0.25, -0.2) is 4.68 Å². The number of methoxy groups -OCH3 is 1. The summed E-state index contributed by atoms with van der Waals surface area (Å²) in [6.07, 6.45) is 1.70. The second-order valence-electron chi connectivity index (χ2n) is 7.38. The number of hydrogen-bond acceptors (Lipinski definition) is 5. The van der Waals surface area contributed by atoms with Crippen molar-refractivity contribution < 1.29 is 14.3 Å². The van der Waals surface area contributed by atoms with Crippen LogP contribution in [0.25, 0.3) is 10.8 Å². The van der Waals surface area contributed by atoms with Crippen molar-refractivity contribution in [2.24, 2.45) is 7.05 Å². The second-order valence-corrected chi connectivity index (χ2v) is 7.38. The van der Waals surface area contributed by atoms with E-state index in [4.69, 9.17) is 9.47 Å². The van der Waals surface area contributed by atoms with Crippen LogP contribution in [0.15, 0.2) is 47.3 Å². The molecule has 0 bridgehead atoms. The number of rotatable bonds is 9. The van der Waals surface area contributed by atoms with Gasteiger partial charge in [-0.05, 0) is 36.6 Å². The van der Waals surface area contributed by atoms with Gasteiger partial charge in [-0.2, -0.15) is 5.10 Å². The fourth-order valence-electron chi connectivity index (χ4n) is 3.49. The quantitative estimate of drug-likeness (QED) is 0.524. The highest BCUT2D eigenvalue weighted by Crippen LogP contribution is 2.29. The van der Waals surface area contributed by atoms with Gasteiger partial charge in [0, 0.05) is 25.5 Å². The maximum absolute atomic E-state index is 13.5. The van der Waals surface area contributed by atoms with Crippen molar-refractivity contribution in [3.63, 3.8) is 0 Å². The highest BCUT2D eigenvalue weighted by Gasteiger charge is 2.22. The minimum atomic E-state index is -0.221. The number of nitrogens with zero attached hydrogens (tertiary/aromatic N) is 3. The normalized spacial score (nSPS) is 10.8. The van der Waals surface area contributed by atoms with Crippen molar-refractivity contribution in [3.05, 3.63) is 64.1 Å². The molecule has 0 saturated carbocycles. The zero-order chi connectivity index (χ0) is 22.4. The topological polar surface area (TPSA) is 73.7 Å². The molecule has 1 amide bonds. The summed E-state index contributed by atoms with van der Waals surface area (Å²) >= 11 is 0. The molecule has 0 atom stereocenters. The lowest BCUT2D eigenvalue weighted by atomic mass is 10.1. The minimum absolute atomic E-state index is 0.209. The summed E-state index contributed by atoms with van der Waals surface area (Å²) in [7, 11) is 3.17. The molecule has 7 heteroatoms. The molecule has 0 aliphatic heterocycles. The highest BCUT2D eigenvalue weighted by atomic mass is 16.5. The molecule has 3 aromatic rings. The highest BCUT2D eigenvalue weighted by molar-refractivity contribution is 6.04. The molecule has 1 heterocycles. The number of benzene rings is 2. The summed E-state index contributed by atoms with van der Waals surface area (Å²) in [4.78, 5) is 27.6. The average Bonchev–Trinajstić information content (AvgIpc) is 2.79. The molecule has 0 aliphatic rings. The number of ether oxygens (including phenoxy) is 2. The van der Waals surface area contributed by atoms with E-state index in [9.17, 15) is 9.59 Å². The van der Waals surface area contributed by atoms with E-state index >= 15 is 0 Å². The molecular weight excluding hydrogens is 394 g/mol. The molecule has 0 fully saturated rings. The third-order valence-electron chi connectivity index (χ3n) is 5.00. The van der Waals surface area contributed by atoms with Crippen LogP contribution >= 0.6 is 0 Å². The molecule has 0 unspecified atom stereocenters. The first-order valence-electron chi connectivity index (χ1n) is 10.5. The van der Waals surface area contributed by atoms with Gasteiger partial charge in [-0.1, -0.05) is 38.1 Å². The van der Waals surface area contributed by atoms with E-state index in [2.05, 4.69) is 5.10 Å². The van der Waals surface area contributed by atoms with Crippen LogP contribution in [-0.2, 0) is 13.6 Å². The van der Waals surface area contributed by atoms with Gasteiger partial charge >= 0.3 is 0 Å². The summed E-state index contributed by atoms with van der Waals surface area (Å²) in [5.41, 5.74) is 0.985. The van der Waals surface area contributed by atoms with Crippen LogP contribution < -0.4 is 15.0 Å². The Morgan fingerprint density at radius 1 is 1.06 bits per heavy atom. The van der Waals surface area contributed by atoms with E-state index in [0.717, 1.165) is 18.4 Å². The molecule has 1 aromatic heterocycles. The number of aromatic nitrogens is 2. The Bertz CT molecular complexity index is 1120. The van der Waals surface area contributed by atoms with Crippen LogP contribution in [0.1, 0.15) is 42.7 Å². The Morgan fingerprint density at radius 3 is 2.48 bits per heavy atom. The smallest absolute Gasteiger partial charge is 0.275 e. The van der Waals surface area contributed by atoms with Gasteiger partial charge in [-0.15, -0.1) is 0 Å². The molecule has 0 radical (unpaired) electrons. The zero-order valence-electron chi connectivity index (χ0n) is 18.6. The van der Waals surface area contributed by atoms with Crippen LogP contribution in [0.3, 0.4) is 0 Å². The van der Waals surface area contributed by atoms with E-state index in [1.165, 1.54) is 4.68 Å². The fraction of sp³-hybridized carbons (Fsp3) is 0.375. The largest absolute Gasteiger partial charge is 0.493 e. The van der Waals surface area contributed by atoms with Crippen LogP contribution in [0.4, 0.5) is 0 Å². The predicted octanol–water partition coefficient (Wildman–Crippen LogP) is 3.78. The van der Waals surface area contributed by atoms with Gasteiger partial charge in [-0.3, -0.25) is 9.59 Å². The van der Waals surface area contributed by atoms with Gasteiger partial charge in [0.15, 0.2) is 17.2 Å². The number of carbonyl (C=O) groups is 1. The van der Waals surface area contributed by atoms with E-state index in [1.807, 2.05) is 38.1 Å². The molecular formula is C24H29N3O4. The van der Waals surface area contributed by atoms with Gasteiger partial charge in [0.25, 0.3) is 11.5 Å². The fourth-order valence-corrected chi connectivity index (χ4v) is 3.49. The second kappa shape index (κ2) is 10.1. The molecule has 164 valence electrons. The summed E-state index contributed by atoms with van der Waals surface area (Å²) in [6, 6.07) is 12.8. The van der Waals surface area contributed by atoms with Crippen molar-refractivity contribution >= 4 is 16.7 Å². The lowest BCUT2D eigenvalue weighted by Crippen LogP contribution is -2.34. The third-order valence-corrected chi connectivity index (χ3v) is 5.00. The number of fused-ring (bicyclic) bond motifs is 1. The first-order chi connectivity index (χ1) is 15.0. The van der Waals surface area contributed by atoms with Gasteiger partial charge in [0.05, 0.1) is 19.1 Å². The Labute approximate surface area is 182 Å². The molecule has 7 nitrogen and oxygen atoms in total. The maximum Gasteiger partial charge on any atom is 0.275 e. The molecule has 3 rings (SSSR count).